The van der Waals surface area contributed by atoms with Crippen molar-refractivity contribution in [1.82, 2.24) is 20.2 Å². The average Bonchev–Trinajstić information content (AvgIpc) is 3.02. The molecule has 0 aliphatic rings. The van der Waals surface area contributed by atoms with E-state index in [1.54, 1.807) is 0 Å². The molecule has 0 unspecified atom stereocenters. The zero-order valence-corrected chi connectivity index (χ0v) is 13.1. The van der Waals surface area contributed by atoms with Gasteiger partial charge in [-0.25, -0.2) is 4.39 Å². The summed E-state index contributed by atoms with van der Waals surface area (Å²) >= 11 is 5.86. The number of tetrazole rings is 1. The Kier molecular flexibility index (Phi) is 4.58. The first kappa shape index (κ1) is 17.2. The van der Waals surface area contributed by atoms with Gasteiger partial charge < -0.3 is 4.74 Å². The predicted octanol–water partition coefficient (Wildman–Crippen LogP) is 4.05. The van der Waals surface area contributed by atoms with Crippen LogP contribution in [0.25, 0.3) is 5.69 Å². The number of hydrogen-bond donors (Lipinski definition) is 0. The summed E-state index contributed by atoms with van der Waals surface area (Å²) in [6.07, 6.45) is -4.43. The summed E-state index contributed by atoms with van der Waals surface area (Å²) in [6, 6.07) is 7.97. The van der Waals surface area contributed by atoms with E-state index in [0.29, 0.717) is 5.69 Å². The molecule has 0 N–H and O–H groups in total. The Labute approximate surface area is 143 Å². The van der Waals surface area contributed by atoms with E-state index in [-0.39, 0.29) is 23.2 Å². The largest absolute Gasteiger partial charge is 0.484 e. The van der Waals surface area contributed by atoms with Crippen molar-refractivity contribution in [2.45, 2.75) is 12.8 Å². The quantitative estimate of drug-likeness (QED) is 0.648. The highest BCUT2D eigenvalue weighted by atomic mass is 35.5. The summed E-state index contributed by atoms with van der Waals surface area (Å²) in [5, 5.41) is 11.1. The van der Waals surface area contributed by atoms with Crippen molar-refractivity contribution in [3.05, 3.63) is 64.7 Å². The van der Waals surface area contributed by atoms with Crippen LogP contribution >= 0.6 is 11.6 Å². The van der Waals surface area contributed by atoms with Crippen LogP contribution in [0.3, 0.4) is 0 Å². The standard InChI is InChI=1S/C15H9ClF4N4O/c16-12-7-10(17)3-6-13(12)25-8-14-21-22-23-24(14)11-4-1-9(2-5-11)15(18,19)20/h1-7H,8H2. The summed E-state index contributed by atoms with van der Waals surface area (Å²) in [5.41, 5.74) is -0.443. The molecule has 0 fully saturated rings. The SMILES string of the molecule is Fc1ccc(OCc2nnnn2-c2ccc(C(F)(F)F)cc2)c(Cl)c1. The maximum atomic E-state index is 13.0. The molecule has 0 spiro atoms. The van der Waals surface area contributed by atoms with Crippen molar-refractivity contribution in [2.24, 2.45) is 0 Å². The Morgan fingerprint density at radius 3 is 2.44 bits per heavy atom. The molecule has 0 atom stereocenters. The number of aromatic nitrogens is 4. The molecule has 0 saturated carbocycles. The molecule has 5 nitrogen and oxygen atoms in total. The van der Waals surface area contributed by atoms with E-state index in [9.17, 15) is 17.6 Å². The summed E-state index contributed by atoms with van der Waals surface area (Å²) in [5.74, 6) is -0.0443. The smallest absolute Gasteiger partial charge is 0.416 e. The summed E-state index contributed by atoms with van der Waals surface area (Å²) < 4.78 is 57.5. The third kappa shape index (κ3) is 3.87. The first-order valence-corrected chi connectivity index (χ1v) is 7.25. The molecule has 3 aromatic rings. The van der Waals surface area contributed by atoms with Crippen LogP contribution in [0.4, 0.5) is 17.6 Å². The lowest BCUT2D eigenvalue weighted by Gasteiger charge is -2.10. The van der Waals surface area contributed by atoms with Crippen molar-refractivity contribution in [3.8, 4) is 11.4 Å². The Morgan fingerprint density at radius 1 is 1.08 bits per heavy atom. The molecule has 3 rings (SSSR count). The zero-order chi connectivity index (χ0) is 18.0. The molecule has 0 radical (unpaired) electrons. The van der Waals surface area contributed by atoms with Crippen LogP contribution in [-0.4, -0.2) is 20.2 Å². The number of benzene rings is 2. The van der Waals surface area contributed by atoms with Gasteiger partial charge in [-0.15, -0.1) is 5.10 Å². The molecule has 130 valence electrons. The van der Waals surface area contributed by atoms with Crippen LogP contribution in [0.2, 0.25) is 5.02 Å². The van der Waals surface area contributed by atoms with Crippen LogP contribution in [0.15, 0.2) is 42.5 Å². The number of halogens is 5. The van der Waals surface area contributed by atoms with Gasteiger partial charge in [-0.05, 0) is 52.9 Å². The Morgan fingerprint density at radius 2 is 1.80 bits per heavy atom. The third-order valence-corrected chi connectivity index (χ3v) is 3.52. The molecule has 1 heterocycles. The van der Waals surface area contributed by atoms with Crippen LogP contribution in [-0.2, 0) is 12.8 Å². The summed E-state index contributed by atoms with van der Waals surface area (Å²) in [4.78, 5) is 0. The second-order valence-corrected chi connectivity index (χ2v) is 5.32. The fourth-order valence-electron chi connectivity index (χ4n) is 2.02. The summed E-state index contributed by atoms with van der Waals surface area (Å²) in [7, 11) is 0. The topological polar surface area (TPSA) is 52.8 Å². The number of hydrogen-bond acceptors (Lipinski definition) is 4. The predicted molar refractivity (Wildman–Crippen MR) is 79.9 cm³/mol. The second kappa shape index (κ2) is 6.67. The van der Waals surface area contributed by atoms with Gasteiger partial charge in [-0.2, -0.15) is 17.9 Å². The first-order chi connectivity index (χ1) is 11.8. The van der Waals surface area contributed by atoms with Gasteiger partial charge in [0.05, 0.1) is 16.3 Å². The van der Waals surface area contributed by atoms with E-state index in [1.165, 1.54) is 28.9 Å². The lowest BCUT2D eigenvalue weighted by atomic mass is 10.2. The molecule has 10 heteroatoms. The number of rotatable bonds is 4. The monoisotopic (exact) mass is 372 g/mol. The van der Waals surface area contributed by atoms with Gasteiger partial charge in [0.2, 0.25) is 0 Å². The Balaban J connectivity index is 1.78. The van der Waals surface area contributed by atoms with Crippen LogP contribution in [0.1, 0.15) is 11.4 Å². The molecule has 2 aromatic carbocycles. The minimum Gasteiger partial charge on any atom is -0.484 e. The Hall–Kier alpha value is -2.68. The van der Waals surface area contributed by atoms with Gasteiger partial charge in [0.25, 0.3) is 0 Å². The molecule has 0 bridgehead atoms. The molecule has 0 amide bonds. The Bertz CT molecular complexity index is 880. The van der Waals surface area contributed by atoms with Gasteiger partial charge in [0.1, 0.15) is 18.2 Å². The normalized spacial score (nSPS) is 11.6. The molecule has 1 aromatic heterocycles. The van der Waals surface area contributed by atoms with E-state index in [1.807, 2.05) is 0 Å². The fourth-order valence-corrected chi connectivity index (χ4v) is 2.24. The number of ether oxygens (including phenoxy) is 1. The van der Waals surface area contributed by atoms with E-state index < -0.39 is 17.6 Å². The highest BCUT2D eigenvalue weighted by Crippen LogP contribution is 2.30. The van der Waals surface area contributed by atoms with Crippen molar-refractivity contribution in [1.29, 1.82) is 0 Å². The van der Waals surface area contributed by atoms with Gasteiger partial charge in [-0.1, -0.05) is 11.6 Å². The molecular weight excluding hydrogens is 364 g/mol. The first-order valence-electron chi connectivity index (χ1n) is 6.87. The number of alkyl halides is 3. The lowest BCUT2D eigenvalue weighted by molar-refractivity contribution is -0.137. The van der Waals surface area contributed by atoms with E-state index in [0.717, 1.165) is 18.2 Å². The number of nitrogens with zero attached hydrogens (tertiary/aromatic N) is 4. The van der Waals surface area contributed by atoms with E-state index >= 15 is 0 Å². The molecular formula is C15H9ClF4N4O. The van der Waals surface area contributed by atoms with Crippen LogP contribution in [0.5, 0.6) is 5.75 Å². The van der Waals surface area contributed by atoms with Crippen molar-refractivity contribution < 1.29 is 22.3 Å². The van der Waals surface area contributed by atoms with Crippen LogP contribution < -0.4 is 4.74 Å². The van der Waals surface area contributed by atoms with Crippen molar-refractivity contribution in [2.75, 3.05) is 0 Å². The van der Waals surface area contributed by atoms with Crippen LogP contribution in [0, 0.1) is 5.82 Å². The highest BCUT2D eigenvalue weighted by molar-refractivity contribution is 6.32. The van der Waals surface area contributed by atoms with Gasteiger partial charge in [0, 0.05) is 0 Å². The fraction of sp³-hybridized carbons (Fsp3) is 0.133. The molecule has 25 heavy (non-hydrogen) atoms. The molecule has 0 aliphatic carbocycles. The third-order valence-electron chi connectivity index (χ3n) is 3.22. The minimum atomic E-state index is -4.43. The molecule has 0 saturated heterocycles. The van der Waals surface area contributed by atoms with Gasteiger partial charge in [0.15, 0.2) is 5.82 Å². The van der Waals surface area contributed by atoms with E-state index in [2.05, 4.69) is 15.5 Å². The zero-order valence-electron chi connectivity index (χ0n) is 12.3. The average molecular weight is 373 g/mol. The maximum absolute atomic E-state index is 13.0. The maximum Gasteiger partial charge on any atom is 0.416 e. The van der Waals surface area contributed by atoms with Gasteiger partial charge in [-0.3, -0.25) is 0 Å². The van der Waals surface area contributed by atoms with Gasteiger partial charge >= 0.3 is 6.18 Å². The lowest BCUT2D eigenvalue weighted by Crippen LogP contribution is -2.09. The van der Waals surface area contributed by atoms with Crippen molar-refractivity contribution in [3.63, 3.8) is 0 Å². The summed E-state index contributed by atoms with van der Waals surface area (Å²) in [6.45, 7) is -0.112. The van der Waals surface area contributed by atoms with E-state index in [4.69, 9.17) is 16.3 Å². The minimum absolute atomic E-state index is 0.0774. The van der Waals surface area contributed by atoms with Crippen molar-refractivity contribution >= 4 is 11.6 Å². The second-order valence-electron chi connectivity index (χ2n) is 4.91. The highest BCUT2D eigenvalue weighted by Gasteiger charge is 2.30. The molecule has 0 aliphatic heterocycles.